The van der Waals surface area contributed by atoms with E-state index in [-0.39, 0.29) is 23.9 Å². The van der Waals surface area contributed by atoms with Crippen molar-refractivity contribution in [2.75, 3.05) is 23.5 Å². The van der Waals surface area contributed by atoms with Crippen LogP contribution in [0.2, 0.25) is 0 Å². The zero-order valence-electron chi connectivity index (χ0n) is 10.7. The lowest BCUT2D eigenvalue weighted by atomic mass is 10.1. The first kappa shape index (κ1) is 14.0. The predicted molar refractivity (Wildman–Crippen MR) is 71.4 cm³/mol. The van der Waals surface area contributed by atoms with E-state index < -0.39 is 9.84 Å². The predicted octanol–water partition coefficient (Wildman–Crippen LogP) is 1.54. The summed E-state index contributed by atoms with van der Waals surface area (Å²) in [6.07, 6.45) is 2.34. The van der Waals surface area contributed by atoms with Gasteiger partial charge in [0.2, 0.25) is 5.91 Å². The summed E-state index contributed by atoms with van der Waals surface area (Å²) in [6, 6.07) is 4.43. The van der Waals surface area contributed by atoms with E-state index in [0.717, 1.165) is 11.8 Å². The number of hydrogen-bond acceptors (Lipinski definition) is 3. The van der Waals surface area contributed by atoms with E-state index in [9.17, 15) is 17.6 Å². The minimum atomic E-state index is -3.04. The number of amides is 1. The molecule has 0 aromatic heterocycles. The zero-order chi connectivity index (χ0) is 14.0. The van der Waals surface area contributed by atoms with Crippen molar-refractivity contribution in [3.8, 4) is 0 Å². The first-order chi connectivity index (χ1) is 8.87. The Labute approximate surface area is 112 Å². The molecule has 1 heterocycles. The standard InChI is InChI=1S/C13H16FNO3S/c1-19(17,18)8-2-3-13(16)15-7-6-10-4-5-11(14)9-12(10)15/h4-5,9H,2-3,6-8H2,1H3. The van der Waals surface area contributed by atoms with Gasteiger partial charge in [-0.1, -0.05) is 6.07 Å². The number of benzene rings is 1. The molecule has 0 saturated heterocycles. The van der Waals surface area contributed by atoms with Gasteiger partial charge in [0, 0.05) is 24.9 Å². The van der Waals surface area contributed by atoms with Gasteiger partial charge in [0.15, 0.2) is 0 Å². The maximum absolute atomic E-state index is 13.2. The van der Waals surface area contributed by atoms with Gasteiger partial charge in [-0.15, -0.1) is 0 Å². The fourth-order valence-corrected chi connectivity index (χ4v) is 2.90. The molecule has 0 radical (unpaired) electrons. The van der Waals surface area contributed by atoms with Crippen LogP contribution in [0.1, 0.15) is 18.4 Å². The van der Waals surface area contributed by atoms with Gasteiger partial charge in [-0.3, -0.25) is 4.79 Å². The first-order valence-corrected chi connectivity index (χ1v) is 8.19. The van der Waals surface area contributed by atoms with Crippen LogP contribution in [0.25, 0.3) is 0 Å². The van der Waals surface area contributed by atoms with Crippen LogP contribution < -0.4 is 4.90 Å². The largest absolute Gasteiger partial charge is 0.312 e. The molecule has 1 aliphatic rings. The Balaban J connectivity index is 2.01. The smallest absolute Gasteiger partial charge is 0.227 e. The van der Waals surface area contributed by atoms with Gasteiger partial charge in [-0.05, 0) is 30.5 Å². The Bertz CT molecular complexity index is 598. The Hall–Kier alpha value is -1.43. The molecule has 0 unspecified atom stereocenters. The Morgan fingerprint density at radius 3 is 2.84 bits per heavy atom. The molecule has 0 spiro atoms. The van der Waals surface area contributed by atoms with Crippen LogP contribution in [-0.2, 0) is 21.1 Å². The highest BCUT2D eigenvalue weighted by atomic mass is 32.2. The van der Waals surface area contributed by atoms with Crippen molar-refractivity contribution in [2.24, 2.45) is 0 Å². The maximum Gasteiger partial charge on any atom is 0.227 e. The Morgan fingerprint density at radius 1 is 1.42 bits per heavy atom. The molecule has 0 aliphatic carbocycles. The van der Waals surface area contributed by atoms with Crippen LogP contribution in [0, 0.1) is 5.82 Å². The van der Waals surface area contributed by atoms with E-state index in [4.69, 9.17) is 0 Å². The lowest BCUT2D eigenvalue weighted by Gasteiger charge is -2.17. The van der Waals surface area contributed by atoms with Crippen LogP contribution in [0.3, 0.4) is 0 Å². The van der Waals surface area contributed by atoms with Crippen molar-refractivity contribution in [3.05, 3.63) is 29.6 Å². The number of hydrogen-bond donors (Lipinski definition) is 0. The van der Waals surface area contributed by atoms with Crippen LogP contribution in [-0.4, -0.2) is 32.9 Å². The van der Waals surface area contributed by atoms with Gasteiger partial charge in [-0.25, -0.2) is 12.8 Å². The summed E-state index contributed by atoms with van der Waals surface area (Å²) < 4.78 is 35.2. The molecule has 1 aromatic carbocycles. The van der Waals surface area contributed by atoms with Gasteiger partial charge >= 0.3 is 0 Å². The summed E-state index contributed by atoms with van der Waals surface area (Å²) >= 11 is 0. The Kier molecular flexibility index (Phi) is 3.89. The van der Waals surface area contributed by atoms with E-state index >= 15 is 0 Å². The lowest BCUT2D eigenvalue weighted by molar-refractivity contribution is -0.118. The molecular formula is C13H16FNO3S. The highest BCUT2D eigenvalue weighted by Gasteiger charge is 2.24. The third kappa shape index (κ3) is 3.53. The van der Waals surface area contributed by atoms with Crippen molar-refractivity contribution >= 4 is 21.4 Å². The molecule has 0 saturated carbocycles. The molecule has 2 rings (SSSR count). The van der Waals surface area contributed by atoms with Crippen LogP contribution >= 0.6 is 0 Å². The monoisotopic (exact) mass is 285 g/mol. The van der Waals surface area contributed by atoms with E-state index in [1.165, 1.54) is 12.1 Å². The van der Waals surface area contributed by atoms with Gasteiger partial charge in [0.1, 0.15) is 15.7 Å². The molecular weight excluding hydrogens is 269 g/mol. The third-order valence-corrected chi connectivity index (χ3v) is 4.18. The quantitative estimate of drug-likeness (QED) is 0.843. The summed E-state index contributed by atoms with van der Waals surface area (Å²) in [5.41, 5.74) is 1.57. The van der Waals surface area contributed by atoms with Crippen molar-refractivity contribution in [1.82, 2.24) is 0 Å². The van der Waals surface area contributed by atoms with Gasteiger partial charge in [0.05, 0.1) is 5.75 Å². The summed E-state index contributed by atoms with van der Waals surface area (Å²) in [4.78, 5) is 13.6. The molecule has 0 atom stereocenters. The molecule has 1 aromatic rings. The highest BCUT2D eigenvalue weighted by Crippen LogP contribution is 2.29. The number of carbonyl (C=O) groups is 1. The Morgan fingerprint density at radius 2 is 2.16 bits per heavy atom. The zero-order valence-corrected chi connectivity index (χ0v) is 11.5. The molecule has 19 heavy (non-hydrogen) atoms. The number of anilines is 1. The molecule has 1 amide bonds. The van der Waals surface area contributed by atoms with E-state index in [1.807, 2.05) is 0 Å². The van der Waals surface area contributed by atoms with Crippen molar-refractivity contribution in [1.29, 1.82) is 0 Å². The molecule has 0 fully saturated rings. The third-order valence-electron chi connectivity index (χ3n) is 3.15. The topological polar surface area (TPSA) is 54.5 Å². The minimum Gasteiger partial charge on any atom is -0.312 e. The SMILES string of the molecule is CS(=O)(=O)CCCC(=O)N1CCc2ccc(F)cc21. The molecule has 4 nitrogen and oxygen atoms in total. The normalized spacial score (nSPS) is 14.5. The second-order valence-corrected chi connectivity index (χ2v) is 7.06. The van der Waals surface area contributed by atoms with Gasteiger partial charge in [-0.2, -0.15) is 0 Å². The number of nitrogens with zero attached hydrogens (tertiary/aromatic N) is 1. The number of halogens is 1. The van der Waals surface area contributed by atoms with Crippen LogP contribution in [0.15, 0.2) is 18.2 Å². The molecule has 1 aliphatic heterocycles. The maximum atomic E-state index is 13.2. The minimum absolute atomic E-state index is 0.00257. The number of rotatable bonds is 4. The van der Waals surface area contributed by atoms with E-state index in [1.54, 1.807) is 11.0 Å². The second-order valence-electron chi connectivity index (χ2n) is 4.80. The van der Waals surface area contributed by atoms with E-state index in [0.29, 0.717) is 25.1 Å². The number of fused-ring (bicyclic) bond motifs is 1. The fraction of sp³-hybridized carbons (Fsp3) is 0.462. The van der Waals surface area contributed by atoms with Crippen LogP contribution in [0.5, 0.6) is 0 Å². The van der Waals surface area contributed by atoms with Crippen molar-refractivity contribution < 1.29 is 17.6 Å². The van der Waals surface area contributed by atoms with Crippen LogP contribution in [0.4, 0.5) is 10.1 Å². The molecule has 104 valence electrons. The second kappa shape index (κ2) is 5.28. The van der Waals surface area contributed by atoms with Gasteiger partial charge < -0.3 is 4.90 Å². The van der Waals surface area contributed by atoms with Gasteiger partial charge in [0.25, 0.3) is 0 Å². The lowest BCUT2D eigenvalue weighted by Crippen LogP contribution is -2.29. The molecule has 0 bridgehead atoms. The van der Waals surface area contributed by atoms with E-state index in [2.05, 4.69) is 0 Å². The summed E-state index contributed by atoms with van der Waals surface area (Å²) in [6.45, 7) is 0.538. The average Bonchev–Trinajstić information content (AvgIpc) is 2.69. The summed E-state index contributed by atoms with van der Waals surface area (Å²) in [5, 5.41) is 0. The summed E-state index contributed by atoms with van der Waals surface area (Å²) in [5.74, 6) is -0.509. The van der Waals surface area contributed by atoms with Crippen molar-refractivity contribution in [3.63, 3.8) is 0 Å². The molecule has 6 heteroatoms. The number of carbonyl (C=O) groups excluding carboxylic acids is 1. The highest BCUT2D eigenvalue weighted by molar-refractivity contribution is 7.90. The fourth-order valence-electron chi connectivity index (χ4n) is 2.23. The molecule has 0 N–H and O–H groups in total. The number of sulfone groups is 1. The summed E-state index contributed by atoms with van der Waals surface area (Å²) in [7, 11) is -3.04. The average molecular weight is 285 g/mol. The van der Waals surface area contributed by atoms with Crippen molar-refractivity contribution in [2.45, 2.75) is 19.3 Å². The first-order valence-electron chi connectivity index (χ1n) is 6.13.